The predicted molar refractivity (Wildman–Crippen MR) is 100 cm³/mol. The molecule has 8 nitrogen and oxygen atoms in total. The smallest absolute Gasteiger partial charge is 0.315 e. The number of nitrogens with one attached hydrogen (secondary N) is 3. The first-order chi connectivity index (χ1) is 13.6. The molecule has 4 atom stereocenters. The number of anilines is 1. The van der Waals surface area contributed by atoms with Crippen LogP contribution in [0.4, 0.5) is 15.1 Å². The molecule has 28 heavy (non-hydrogen) atoms. The van der Waals surface area contributed by atoms with Crippen LogP contribution in [0.3, 0.4) is 0 Å². The van der Waals surface area contributed by atoms with Crippen molar-refractivity contribution in [1.82, 2.24) is 20.6 Å². The standard InChI is InChI=1S/C19H22FN5O3/c1-2-21-19(26)25-15-10-28-16-14(9-27-17(15)16)24-18-22-7-6-13(23-18)11-4-3-5-12(20)8-11/h3-8,14-17H,2,9-10H2,1H3,(H2,21,25,26)(H,22,23,24)/t14-,15-,16+,17+/m0/s1. The van der Waals surface area contributed by atoms with Crippen molar-refractivity contribution in [3.05, 3.63) is 42.3 Å². The highest BCUT2D eigenvalue weighted by atomic mass is 19.1. The summed E-state index contributed by atoms with van der Waals surface area (Å²) >= 11 is 0. The molecular weight excluding hydrogens is 365 g/mol. The molecule has 3 N–H and O–H groups in total. The van der Waals surface area contributed by atoms with Crippen LogP contribution in [0.25, 0.3) is 11.3 Å². The maximum Gasteiger partial charge on any atom is 0.315 e. The van der Waals surface area contributed by atoms with Gasteiger partial charge in [0.05, 0.1) is 31.0 Å². The Balaban J connectivity index is 1.42. The molecular formula is C19H22FN5O3. The van der Waals surface area contributed by atoms with Crippen molar-refractivity contribution in [3.63, 3.8) is 0 Å². The second-order valence-electron chi connectivity index (χ2n) is 6.73. The number of aromatic nitrogens is 2. The lowest BCUT2D eigenvalue weighted by atomic mass is 10.1. The van der Waals surface area contributed by atoms with Crippen LogP contribution in [0, 0.1) is 5.82 Å². The van der Waals surface area contributed by atoms with Crippen LogP contribution in [0.1, 0.15) is 6.92 Å². The number of ether oxygens (including phenoxy) is 2. The van der Waals surface area contributed by atoms with Gasteiger partial charge >= 0.3 is 6.03 Å². The van der Waals surface area contributed by atoms with Gasteiger partial charge in [-0.3, -0.25) is 0 Å². The van der Waals surface area contributed by atoms with E-state index in [4.69, 9.17) is 9.47 Å². The van der Waals surface area contributed by atoms with E-state index < -0.39 is 0 Å². The number of amides is 2. The molecule has 0 saturated carbocycles. The van der Waals surface area contributed by atoms with E-state index in [0.29, 0.717) is 37.0 Å². The first-order valence-electron chi connectivity index (χ1n) is 9.27. The number of rotatable bonds is 5. The number of urea groups is 1. The molecule has 0 aliphatic carbocycles. The Morgan fingerprint density at radius 3 is 2.79 bits per heavy atom. The van der Waals surface area contributed by atoms with Gasteiger partial charge in [0.2, 0.25) is 5.95 Å². The fourth-order valence-electron chi connectivity index (χ4n) is 3.53. The van der Waals surface area contributed by atoms with E-state index in [1.54, 1.807) is 24.4 Å². The van der Waals surface area contributed by atoms with E-state index in [9.17, 15) is 9.18 Å². The van der Waals surface area contributed by atoms with E-state index >= 15 is 0 Å². The quantitative estimate of drug-likeness (QED) is 0.720. The molecule has 2 aliphatic heterocycles. The van der Waals surface area contributed by atoms with E-state index in [1.165, 1.54) is 12.1 Å². The molecule has 9 heteroatoms. The first-order valence-corrected chi connectivity index (χ1v) is 9.27. The number of carbonyl (C=O) groups excluding carboxylic acids is 1. The van der Waals surface area contributed by atoms with Gasteiger partial charge in [0.25, 0.3) is 0 Å². The van der Waals surface area contributed by atoms with Gasteiger partial charge in [-0.15, -0.1) is 0 Å². The SMILES string of the molecule is CCNC(=O)N[C@H]1CO[C@H]2[C@@H]1OC[C@@H]2Nc1nccc(-c2cccc(F)c2)n1. The molecule has 4 rings (SSSR count). The molecule has 0 radical (unpaired) electrons. The Bertz CT molecular complexity index is 852. The highest BCUT2D eigenvalue weighted by Crippen LogP contribution is 2.29. The number of fused-ring (bicyclic) bond motifs is 1. The molecule has 0 spiro atoms. The minimum absolute atomic E-state index is 0.145. The molecule has 2 aliphatic rings. The summed E-state index contributed by atoms with van der Waals surface area (Å²) in [5.74, 6) is 0.0995. The largest absolute Gasteiger partial charge is 0.371 e. The van der Waals surface area contributed by atoms with E-state index in [2.05, 4.69) is 25.9 Å². The van der Waals surface area contributed by atoms with Crippen LogP contribution < -0.4 is 16.0 Å². The Morgan fingerprint density at radius 2 is 2.00 bits per heavy atom. The fourth-order valence-corrected chi connectivity index (χ4v) is 3.53. The normalized spacial score (nSPS) is 25.9. The second-order valence-corrected chi connectivity index (χ2v) is 6.73. The molecule has 148 valence electrons. The van der Waals surface area contributed by atoms with E-state index in [0.717, 1.165) is 0 Å². The molecule has 2 fully saturated rings. The number of carbonyl (C=O) groups is 1. The number of nitrogens with zero attached hydrogens (tertiary/aromatic N) is 2. The summed E-state index contributed by atoms with van der Waals surface area (Å²) in [5.41, 5.74) is 1.30. The van der Waals surface area contributed by atoms with Gasteiger partial charge < -0.3 is 25.4 Å². The summed E-state index contributed by atoms with van der Waals surface area (Å²) < 4.78 is 25.2. The number of halogens is 1. The van der Waals surface area contributed by atoms with Gasteiger partial charge in [-0.2, -0.15) is 0 Å². The Hall–Kier alpha value is -2.78. The van der Waals surface area contributed by atoms with Crippen molar-refractivity contribution in [2.75, 3.05) is 25.1 Å². The van der Waals surface area contributed by atoms with Crippen LogP contribution in [0.2, 0.25) is 0 Å². The third-order valence-corrected chi connectivity index (χ3v) is 4.80. The van der Waals surface area contributed by atoms with Crippen molar-refractivity contribution in [2.45, 2.75) is 31.2 Å². The van der Waals surface area contributed by atoms with Gasteiger partial charge in [-0.1, -0.05) is 12.1 Å². The molecule has 1 aromatic carbocycles. The minimum atomic E-state index is -0.317. The topological polar surface area (TPSA) is 97.4 Å². The van der Waals surface area contributed by atoms with Gasteiger partial charge in [0.1, 0.15) is 18.0 Å². The third kappa shape index (κ3) is 3.90. The zero-order valence-electron chi connectivity index (χ0n) is 15.4. The maximum atomic E-state index is 13.5. The summed E-state index contributed by atoms with van der Waals surface area (Å²) in [5, 5.41) is 8.82. The summed E-state index contributed by atoms with van der Waals surface area (Å²) in [4.78, 5) is 20.5. The highest BCUT2D eigenvalue weighted by molar-refractivity contribution is 5.74. The number of hydrogen-bond donors (Lipinski definition) is 3. The van der Waals surface area contributed by atoms with Crippen molar-refractivity contribution in [1.29, 1.82) is 0 Å². The van der Waals surface area contributed by atoms with Crippen LogP contribution in [0.15, 0.2) is 36.5 Å². The van der Waals surface area contributed by atoms with Crippen molar-refractivity contribution in [3.8, 4) is 11.3 Å². The Morgan fingerprint density at radius 1 is 1.21 bits per heavy atom. The van der Waals surface area contributed by atoms with Gasteiger partial charge in [0, 0.05) is 18.3 Å². The van der Waals surface area contributed by atoms with Crippen LogP contribution in [0.5, 0.6) is 0 Å². The minimum Gasteiger partial charge on any atom is -0.371 e. The molecule has 3 heterocycles. The van der Waals surface area contributed by atoms with Gasteiger partial charge in [-0.25, -0.2) is 19.2 Å². The van der Waals surface area contributed by atoms with Crippen molar-refractivity contribution in [2.24, 2.45) is 0 Å². The summed E-state index contributed by atoms with van der Waals surface area (Å²) in [7, 11) is 0. The zero-order chi connectivity index (χ0) is 19.5. The third-order valence-electron chi connectivity index (χ3n) is 4.80. The summed E-state index contributed by atoms with van der Waals surface area (Å²) in [6.07, 6.45) is 1.18. The monoisotopic (exact) mass is 387 g/mol. The van der Waals surface area contributed by atoms with Crippen LogP contribution >= 0.6 is 0 Å². The molecule has 1 aromatic heterocycles. The lowest BCUT2D eigenvalue weighted by Gasteiger charge is -2.18. The molecule has 2 aromatic rings. The average molecular weight is 387 g/mol. The molecule has 2 amide bonds. The summed E-state index contributed by atoms with van der Waals surface area (Å²) in [6.45, 7) is 3.21. The molecule has 0 unspecified atom stereocenters. The number of benzene rings is 1. The second kappa shape index (κ2) is 8.07. The van der Waals surface area contributed by atoms with Crippen LogP contribution in [-0.2, 0) is 9.47 Å². The lowest BCUT2D eigenvalue weighted by Crippen LogP contribution is -2.48. The van der Waals surface area contributed by atoms with Gasteiger partial charge in [0.15, 0.2) is 0 Å². The first kappa shape index (κ1) is 18.6. The Kier molecular flexibility index (Phi) is 5.36. The van der Waals surface area contributed by atoms with E-state index in [1.807, 2.05) is 6.92 Å². The van der Waals surface area contributed by atoms with Crippen molar-refractivity contribution < 1.29 is 18.7 Å². The fraction of sp³-hybridized carbons (Fsp3) is 0.421. The average Bonchev–Trinajstić information content (AvgIpc) is 3.26. The number of hydrogen-bond acceptors (Lipinski definition) is 6. The van der Waals surface area contributed by atoms with Crippen LogP contribution in [-0.4, -0.2) is 60.0 Å². The molecule has 2 saturated heterocycles. The summed E-state index contributed by atoms with van der Waals surface area (Å²) in [6, 6.07) is 7.40. The van der Waals surface area contributed by atoms with Gasteiger partial charge in [-0.05, 0) is 25.1 Å². The van der Waals surface area contributed by atoms with E-state index in [-0.39, 0.29) is 36.1 Å². The lowest BCUT2D eigenvalue weighted by molar-refractivity contribution is 0.0682. The zero-order valence-corrected chi connectivity index (χ0v) is 15.4. The maximum absolute atomic E-state index is 13.5. The van der Waals surface area contributed by atoms with Crippen molar-refractivity contribution >= 4 is 12.0 Å². The predicted octanol–water partition coefficient (Wildman–Crippen LogP) is 1.55. The molecule has 0 bridgehead atoms. The highest BCUT2D eigenvalue weighted by Gasteiger charge is 2.48. The Labute approximate surface area is 161 Å².